The van der Waals surface area contributed by atoms with Gasteiger partial charge in [0.2, 0.25) is 0 Å². The lowest BCUT2D eigenvalue weighted by Gasteiger charge is -2.09. The molecule has 1 aliphatic carbocycles. The standard InChI is InChI=1S/C14H13ClN2O2S/c15-13-5-2-8-16-14(13)17-20(18,19)12-7-6-10-3-1-4-11(10)9-12/h2,5-9H,1,3-4H2,(H,16,17). The SMILES string of the molecule is O=S(=O)(Nc1ncccc1Cl)c1ccc2c(c1)CCC2. The van der Waals surface area contributed by atoms with Crippen LogP contribution in [0.3, 0.4) is 0 Å². The van der Waals surface area contributed by atoms with E-state index >= 15 is 0 Å². The highest BCUT2D eigenvalue weighted by Crippen LogP contribution is 2.26. The minimum Gasteiger partial charge on any atom is -0.262 e. The number of nitrogens with one attached hydrogen (secondary N) is 1. The van der Waals surface area contributed by atoms with Gasteiger partial charge >= 0.3 is 0 Å². The van der Waals surface area contributed by atoms with Gasteiger partial charge in [0.15, 0.2) is 5.82 Å². The zero-order valence-corrected chi connectivity index (χ0v) is 12.2. The Morgan fingerprint density at radius 2 is 1.95 bits per heavy atom. The second kappa shape index (κ2) is 5.07. The number of anilines is 1. The third-order valence-electron chi connectivity index (χ3n) is 3.37. The molecule has 1 aromatic carbocycles. The van der Waals surface area contributed by atoms with Gasteiger partial charge in [0.05, 0.1) is 9.92 Å². The number of rotatable bonds is 3. The monoisotopic (exact) mass is 308 g/mol. The summed E-state index contributed by atoms with van der Waals surface area (Å²) in [5.74, 6) is 0.148. The van der Waals surface area contributed by atoms with Crippen LogP contribution >= 0.6 is 11.6 Å². The molecule has 0 saturated carbocycles. The van der Waals surface area contributed by atoms with E-state index < -0.39 is 10.0 Å². The van der Waals surface area contributed by atoms with E-state index in [4.69, 9.17) is 11.6 Å². The molecular formula is C14H13ClN2O2S. The second-order valence-corrected chi connectivity index (χ2v) is 6.81. The molecule has 0 spiro atoms. The van der Waals surface area contributed by atoms with Gasteiger partial charge < -0.3 is 0 Å². The first-order valence-electron chi connectivity index (χ1n) is 6.31. The number of hydrogen-bond donors (Lipinski definition) is 1. The van der Waals surface area contributed by atoms with Gasteiger partial charge in [-0.3, -0.25) is 4.72 Å². The van der Waals surface area contributed by atoms with E-state index in [1.165, 1.54) is 11.8 Å². The molecule has 0 bridgehead atoms. The van der Waals surface area contributed by atoms with E-state index in [0.29, 0.717) is 0 Å². The zero-order valence-electron chi connectivity index (χ0n) is 10.6. The molecule has 0 fully saturated rings. The molecule has 0 aliphatic heterocycles. The number of nitrogens with zero attached hydrogens (tertiary/aromatic N) is 1. The van der Waals surface area contributed by atoms with E-state index in [1.54, 1.807) is 24.3 Å². The van der Waals surface area contributed by atoms with Crippen molar-refractivity contribution in [2.75, 3.05) is 4.72 Å². The van der Waals surface area contributed by atoms with Crippen LogP contribution in [0.4, 0.5) is 5.82 Å². The first-order valence-corrected chi connectivity index (χ1v) is 8.17. The summed E-state index contributed by atoms with van der Waals surface area (Å²) in [5.41, 5.74) is 2.35. The van der Waals surface area contributed by atoms with Gasteiger partial charge in [0.1, 0.15) is 0 Å². The van der Waals surface area contributed by atoms with Crippen molar-refractivity contribution < 1.29 is 8.42 Å². The number of halogens is 1. The molecule has 20 heavy (non-hydrogen) atoms. The first kappa shape index (κ1) is 13.4. The third-order valence-corrected chi connectivity index (χ3v) is 5.01. The Morgan fingerprint density at radius 3 is 2.75 bits per heavy atom. The molecule has 2 aromatic rings. The van der Waals surface area contributed by atoms with Crippen molar-refractivity contribution in [2.45, 2.75) is 24.2 Å². The summed E-state index contributed by atoms with van der Waals surface area (Å²) in [6.45, 7) is 0. The van der Waals surface area contributed by atoms with Crippen molar-refractivity contribution in [2.24, 2.45) is 0 Å². The van der Waals surface area contributed by atoms with Crippen LogP contribution < -0.4 is 4.72 Å². The first-order chi connectivity index (χ1) is 9.56. The van der Waals surface area contributed by atoms with E-state index in [-0.39, 0.29) is 15.7 Å². The van der Waals surface area contributed by atoms with E-state index in [1.807, 2.05) is 6.07 Å². The van der Waals surface area contributed by atoms with E-state index in [9.17, 15) is 8.42 Å². The number of aromatic nitrogens is 1. The molecule has 0 radical (unpaired) electrons. The number of aryl methyl sites for hydroxylation is 2. The minimum absolute atomic E-state index is 0.148. The molecule has 0 amide bonds. The summed E-state index contributed by atoms with van der Waals surface area (Å²) in [6, 6.07) is 8.49. The fraction of sp³-hybridized carbons (Fsp3) is 0.214. The molecular weight excluding hydrogens is 296 g/mol. The van der Waals surface area contributed by atoms with Crippen molar-refractivity contribution in [3.05, 3.63) is 52.7 Å². The number of fused-ring (bicyclic) bond motifs is 1. The summed E-state index contributed by atoms with van der Waals surface area (Å²) in [4.78, 5) is 4.19. The van der Waals surface area contributed by atoms with Crippen LogP contribution in [-0.4, -0.2) is 13.4 Å². The third kappa shape index (κ3) is 2.51. The van der Waals surface area contributed by atoms with Crippen LogP contribution in [-0.2, 0) is 22.9 Å². The predicted octanol–water partition coefficient (Wildman–Crippen LogP) is 3.02. The maximum Gasteiger partial charge on any atom is 0.263 e. The molecule has 1 heterocycles. The van der Waals surface area contributed by atoms with Crippen LogP contribution in [0.5, 0.6) is 0 Å². The lowest BCUT2D eigenvalue weighted by Crippen LogP contribution is -2.14. The summed E-state index contributed by atoms with van der Waals surface area (Å²) >= 11 is 5.92. The fourth-order valence-electron chi connectivity index (χ4n) is 2.36. The van der Waals surface area contributed by atoms with Crippen LogP contribution in [0.15, 0.2) is 41.4 Å². The van der Waals surface area contributed by atoms with Crippen LogP contribution in [0, 0.1) is 0 Å². The highest BCUT2D eigenvalue weighted by atomic mass is 35.5. The van der Waals surface area contributed by atoms with Gasteiger partial charge in [-0.05, 0) is 54.7 Å². The Kier molecular flexibility index (Phi) is 3.40. The largest absolute Gasteiger partial charge is 0.263 e. The van der Waals surface area contributed by atoms with Gasteiger partial charge in [-0.1, -0.05) is 17.7 Å². The Morgan fingerprint density at radius 1 is 1.15 bits per heavy atom. The molecule has 0 atom stereocenters. The van der Waals surface area contributed by atoms with Gasteiger partial charge in [0.25, 0.3) is 10.0 Å². The molecule has 6 heteroatoms. The highest BCUT2D eigenvalue weighted by molar-refractivity contribution is 7.92. The van der Waals surface area contributed by atoms with Gasteiger partial charge in [-0.15, -0.1) is 0 Å². The van der Waals surface area contributed by atoms with E-state index in [2.05, 4.69) is 9.71 Å². The maximum absolute atomic E-state index is 12.3. The predicted molar refractivity (Wildman–Crippen MR) is 78.5 cm³/mol. The number of sulfonamides is 1. The van der Waals surface area contributed by atoms with Gasteiger partial charge in [0, 0.05) is 6.20 Å². The van der Waals surface area contributed by atoms with E-state index in [0.717, 1.165) is 24.8 Å². The van der Waals surface area contributed by atoms with Crippen molar-refractivity contribution in [3.8, 4) is 0 Å². The molecule has 104 valence electrons. The molecule has 1 N–H and O–H groups in total. The zero-order chi connectivity index (χ0) is 14.2. The average molecular weight is 309 g/mol. The molecule has 4 nitrogen and oxygen atoms in total. The van der Waals surface area contributed by atoms with Crippen molar-refractivity contribution in [1.82, 2.24) is 4.98 Å². The number of benzene rings is 1. The maximum atomic E-state index is 12.3. The molecule has 0 saturated heterocycles. The van der Waals surface area contributed by atoms with Crippen LogP contribution in [0.25, 0.3) is 0 Å². The lowest BCUT2D eigenvalue weighted by atomic mass is 10.1. The summed E-state index contributed by atoms with van der Waals surface area (Å²) in [6.07, 6.45) is 4.53. The number of pyridine rings is 1. The van der Waals surface area contributed by atoms with Gasteiger partial charge in [-0.25, -0.2) is 13.4 Å². The molecule has 0 unspecified atom stereocenters. The topological polar surface area (TPSA) is 59.1 Å². The Labute approximate surface area is 122 Å². The average Bonchev–Trinajstić information content (AvgIpc) is 2.88. The normalized spacial score (nSPS) is 14.1. The Bertz CT molecular complexity index is 760. The van der Waals surface area contributed by atoms with Gasteiger partial charge in [-0.2, -0.15) is 0 Å². The highest BCUT2D eigenvalue weighted by Gasteiger charge is 2.19. The lowest BCUT2D eigenvalue weighted by molar-refractivity contribution is 0.601. The quantitative estimate of drug-likeness (QED) is 0.948. The minimum atomic E-state index is -3.65. The Hall–Kier alpha value is -1.59. The molecule has 3 rings (SSSR count). The van der Waals surface area contributed by atoms with Crippen molar-refractivity contribution in [1.29, 1.82) is 0 Å². The molecule has 1 aromatic heterocycles. The summed E-state index contributed by atoms with van der Waals surface area (Å²) in [5, 5.41) is 0.275. The van der Waals surface area contributed by atoms with Crippen LogP contribution in [0.2, 0.25) is 5.02 Å². The van der Waals surface area contributed by atoms with Crippen molar-refractivity contribution in [3.63, 3.8) is 0 Å². The summed E-state index contributed by atoms with van der Waals surface area (Å²) in [7, 11) is -3.65. The second-order valence-electron chi connectivity index (χ2n) is 4.72. The molecule has 1 aliphatic rings. The van der Waals surface area contributed by atoms with Crippen molar-refractivity contribution >= 4 is 27.4 Å². The van der Waals surface area contributed by atoms with Crippen LogP contribution in [0.1, 0.15) is 17.5 Å². The fourth-order valence-corrected chi connectivity index (χ4v) is 3.67. The smallest absolute Gasteiger partial charge is 0.262 e. The summed E-state index contributed by atoms with van der Waals surface area (Å²) < 4.78 is 27.1. The number of hydrogen-bond acceptors (Lipinski definition) is 3. The Balaban J connectivity index is 1.94.